The van der Waals surface area contributed by atoms with Crippen LogP contribution in [0.4, 0.5) is 5.69 Å². The summed E-state index contributed by atoms with van der Waals surface area (Å²) >= 11 is 3.76. The van der Waals surface area contributed by atoms with E-state index < -0.39 is 0 Å². The Kier molecular flexibility index (Phi) is 3.39. The summed E-state index contributed by atoms with van der Waals surface area (Å²) in [6.45, 7) is 4.70. The number of anilines is 1. The number of fused-ring (bicyclic) bond motifs is 4. The molecule has 0 amide bonds. The van der Waals surface area contributed by atoms with E-state index in [1.54, 1.807) is 0 Å². The zero-order valence-electron chi connectivity index (χ0n) is 14.3. The molecule has 1 aliphatic carbocycles. The maximum absolute atomic E-state index is 5.62. The van der Waals surface area contributed by atoms with E-state index >= 15 is 0 Å². The maximum atomic E-state index is 5.62. The fourth-order valence-electron chi connectivity index (χ4n) is 4.62. The van der Waals surface area contributed by atoms with Gasteiger partial charge in [0.2, 0.25) is 6.79 Å². The van der Waals surface area contributed by atoms with Gasteiger partial charge in [-0.2, -0.15) is 0 Å². The van der Waals surface area contributed by atoms with Gasteiger partial charge in [-0.3, -0.25) is 0 Å². The van der Waals surface area contributed by atoms with E-state index in [9.17, 15) is 0 Å². The smallest absolute Gasteiger partial charge is 0.231 e. The third kappa shape index (κ3) is 2.30. The first-order valence-electron chi connectivity index (χ1n) is 8.75. The second kappa shape index (κ2) is 5.53. The number of hydrogen-bond donors (Lipinski definition) is 1. The van der Waals surface area contributed by atoms with Crippen LogP contribution in [0, 0.1) is 19.8 Å². The summed E-state index contributed by atoms with van der Waals surface area (Å²) in [6, 6.07) is 8.98. The molecule has 2 aromatic rings. The van der Waals surface area contributed by atoms with E-state index in [1.807, 2.05) is 6.07 Å². The zero-order chi connectivity index (χ0) is 17.1. The third-order valence-corrected chi connectivity index (χ3v) is 6.33. The molecule has 2 aliphatic heterocycles. The van der Waals surface area contributed by atoms with Gasteiger partial charge in [0.1, 0.15) is 0 Å². The van der Waals surface area contributed by atoms with Gasteiger partial charge in [0.25, 0.3) is 0 Å². The second-order valence-corrected chi connectivity index (χ2v) is 8.10. The standard InChI is InChI=1S/C21H20BrNO2/c1-11-6-12(2)20-13-4-3-5-14(13)21(23-17(20)7-11)15-8-18-19(9-16(15)22)25-10-24-18/h3-4,6-9,13-14,21,23H,5,10H2,1-2H3/t13-,14+,21-/m1/s1. The highest BCUT2D eigenvalue weighted by atomic mass is 79.9. The van der Waals surface area contributed by atoms with Gasteiger partial charge in [0, 0.05) is 16.1 Å². The van der Waals surface area contributed by atoms with E-state index in [1.165, 1.54) is 27.9 Å². The van der Waals surface area contributed by atoms with Crippen LogP contribution >= 0.6 is 15.9 Å². The summed E-state index contributed by atoms with van der Waals surface area (Å²) in [4.78, 5) is 0. The monoisotopic (exact) mass is 397 g/mol. The lowest BCUT2D eigenvalue weighted by Crippen LogP contribution is -2.30. The molecular formula is C21H20BrNO2. The van der Waals surface area contributed by atoms with Gasteiger partial charge in [-0.05, 0) is 66.6 Å². The molecule has 2 heterocycles. The highest BCUT2D eigenvalue weighted by molar-refractivity contribution is 9.10. The Bertz CT molecular complexity index is 905. The van der Waals surface area contributed by atoms with Gasteiger partial charge in [0.05, 0.1) is 6.04 Å². The van der Waals surface area contributed by atoms with Crippen molar-refractivity contribution in [2.75, 3.05) is 12.1 Å². The van der Waals surface area contributed by atoms with Gasteiger partial charge in [-0.15, -0.1) is 0 Å². The van der Waals surface area contributed by atoms with Gasteiger partial charge < -0.3 is 14.8 Å². The molecule has 0 bridgehead atoms. The van der Waals surface area contributed by atoms with Crippen molar-refractivity contribution in [1.29, 1.82) is 0 Å². The highest BCUT2D eigenvalue weighted by Crippen LogP contribution is 2.53. The predicted molar refractivity (Wildman–Crippen MR) is 103 cm³/mol. The van der Waals surface area contributed by atoms with Crippen LogP contribution in [0.5, 0.6) is 11.5 Å². The Morgan fingerprint density at radius 3 is 2.72 bits per heavy atom. The first-order chi connectivity index (χ1) is 12.1. The summed E-state index contributed by atoms with van der Waals surface area (Å²) in [6.07, 6.45) is 5.82. The number of ether oxygens (including phenoxy) is 2. The van der Waals surface area contributed by atoms with Crippen molar-refractivity contribution >= 4 is 21.6 Å². The van der Waals surface area contributed by atoms with Crippen LogP contribution in [-0.2, 0) is 0 Å². The molecule has 3 atom stereocenters. The van der Waals surface area contributed by atoms with E-state index in [-0.39, 0.29) is 6.04 Å². The fourth-order valence-corrected chi connectivity index (χ4v) is 5.19. The minimum atomic E-state index is 0.248. The molecule has 5 rings (SSSR count). The van der Waals surface area contributed by atoms with Crippen LogP contribution in [0.25, 0.3) is 0 Å². The Morgan fingerprint density at radius 1 is 1.08 bits per heavy atom. The Morgan fingerprint density at radius 2 is 1.88 bits per heavy atom. The van der Waals surface area contributed by atoms with Crippen LogP contribution < -0.4 is 14.8 Å². The van der Waals surface area contributed by atoms with Crippen molar-refractivity contribution in [2.45, 2.75) is 32.2 Å². The fraction of sp³-hybridized carbons (Fsp3) is 0.333. The van der Waals surface area contributed by atoms with Crippen LogP contribution in [0.1, 0.15) is 40.6 Å². The maximum Gasteiger partial charge on any atom is 0.231 e. The average molecular weight is 398 g/mol. The number of allylic oxidation sites excluding steroid dienone is 2. The molecule has 0 fully saturated rings. The normalized spacial score (nSPS) is 25.5. The van der Waals surface area contributed by atoms with Gasteiger partial charge in [-0.1, -0.05) is 34.1 Å². The lowest BCUT2D eigenvalue weighted by Gasteiger charge is -2.39. The zero-order valence-corrected chi connectivity index (χ0v) is 15.9. The van der Waals surface area contributed by atoms with Gasteiger partial charge in [-0.25, -0.2) is 0 Å². The predicted octanol–water partition coefficient (Wildman–Crippen LogP) is 5.62. The molecule has 0 saturated heterocycles. The van der Waals surface area contributed by atoms with Crippen molar-refractivity contribution in [3.8, 4) is 11.5 Å². The third-order valence-electron chi connectivity index (χ3n) is 5.64. The number of aryl methyl sites for hydroxylation is 2. The molecule has 3 aliphatic rings. The summed E-state index contributed by atoms with van der Waals surface area (Å²) in [7, 11) is 0. The average Bonchev–Trinajstić information content (AvgIpc) is 3.21. The van der Waals surface area contributed by atoms with Crippen molar-refractivity contribution in [1.82, 2.24) is 0 Å². The first kappa shape index (κ1) is 15.3. The topological polar surface area (TPSA) is 30.5 Å². The Hall–Kier alpha value is -1.94. The largest absolute Gasteiger partial charge is 0.454 e. The van der Waals surface area contributed by atoms with Gasteiger partial charge in [0.15, 0.2) is 11.5 Å². The number of hydrogen-bond acceptors (Lipinski definition) is 3. The summed E-state index contributed by atoms with van der Waals surface area (Å²) in [5.74, 6) is 2.65. The number of halogens is 1. The summed E-state index contributed by atoms with van der Waals surface area (Å²) < 4.78 is 12.2. The van der Waals surface area contributed by atoms with Crippen LogP contribution in [-0.4, -0.2) is 6.79 Å². The molecule has 2 aromatic carbocycles. The number of rotatable bonds is 1. The molecule has 4 heteroatoms. The molecule has 0 radical (unpaired) electrons. The van der Waals surface area contributed by atoms with Crippen LogP contribution in [0.15, 0.2) is 40.9 Å². The van der Waals surface area contributed by atoms with Crippen LogP contribution in [0.3, 0.4) is 0 Å². The lowest BCUT2D eigenvalue weighted by molar-refractivity contribution is 0.174. The molecule has 3 nitrogen and oxygen atoms in total. The first-order valence-corrected chi connectivity index (χ1v) is 9.54. The molecule has 128 valence electrons. The highest BCUT2D eigenvalue weighted by Gasteiger charge is 2.40. The van der Waals surface area contributed by atoms with Crippen LogP contribution in [0.2, 0.25) is 0 Å². The molecule has 0 unspecified atom stereocenters. The molecule has 25 heavy (non-hydrogen) atoms. The van der Waals surface area contributed by atoms with Crippen molar-refractivity contribution in [3.63, 3.8) is 0 Å². The minimum absolute atomic E-state index is 0.248. The van der Waals surface area contributed by atoms with E-state index in [0.29, 0.717) is 18.6 Å². The quantitative estimate of drug-likeness (QED) is 0.633. The Labute approximate surface area is 156 Å². The Balaban J connectivity index is 1.64. The number of benzene rings is 2. The molecule has 1 N–H and O–H groups in total. The molecule has 0 aromatic heterocycles. The van der Waals surface area contributed by atoms with Crippen molar-refractivity contribution < 1.29 is 9.47 Å². The second-order valence-electron chi connectivity index (χ2n) is 7.25. The molecule has 0 saturated carbocycles. The molecule has 0 spiro atoms. The van der Waals surface area contributed by atoms with E-state index in [4.69, 9.17) is 9.47 Å². The minimum Gasteiger partial charge on any atom is -0.454 e. The van der Waals surface area contributed by atoms with E-state index in [2.05, 4.69) is 65.4 Å². The molecular weight excluding hydrogens is 378 g/mol. The van der Waals surface area contributed by atoms with Gasteiger partial charge >= 0.3 is 0 Å². The SMILES string of the molecule is Cc1cc(C)c2c(c1)N[C@@H](c1cc3c(cc1Br)OCO3)[C@H]1CC=C[C@@H]21. The van der Waals surface area contributed by atoms with Crippen molar-refractivity contribution in [3.05, 3.63) is 63.1 Å². The van der Waals surface area contributed by atoms with E-state index in [0.717, 1.165) is 22.4 Å². The number of nitrogens with one attached hydrogen (secondary N) is 1. The van der Waals surface area contributed by atoms with Crippen molar-refractivity contribution in [2.24, 2.45) is 5.92 Å². The summed E-state index contributed by atoms with van der Waals surface area (Å²) in [5, 5.41) is 3.83. The lowest BCUT2D eigenvalue weighted by atomic mass is 9.75. The summed E-state index contributed by atoms with van der Waals surface area (Å²) in [5.41, 5.74) is 6.64.